The summed E-state index contributed by atoms with van der Waals surface area (Å²) in [5.41, 5.74) is 2.50. The van der Waals surface area contributed by atoms with Crippen LogP contribution in [-0.4, -0.2) is 21.4 Å². The molecule has 2 aromatic rings. The molecule has 20 heavy (non-hydrogen) atoms. The van der Waals surface area contributed by atoms with E-state index in [1.54, 1.807) is 6.07 Å². The molecule has 1 aromatic heterocycles. The summed E-state index contributed by atoms with van der Waals surface area (Å²) < 4.78 is 0. The van der Waals surface area contributed by atoms with Crippen LogP contribution >= 0.6 is 0 Å². The number of nitro groups is 1. The van der Waals surface area contributed by atoms with Crippen molar-refractivity contribution in [1.82, 2.24) is 9.97 Å². The fraction of sp³-hybridized carbons (Fsp3) is 0.286. The van der Waals surface area contributed by atoms with Crippen molar-refractivity contribution < 1.29 is 4.92 Å². The van der Waals surface area contributed by atoms with Crippen LogP contribution in [0.4, 0.5) is 11.5 Å². The third kappa shape index (κ3) is 2.74. The maximum Gasteiger partial charge on any atom is 0.270 e. The van der Waals surface area contributed by atoms with E-state index in [-0.39, 0.29) is 5.69 Å². The minimum Gasteiger partial charge on any atom is -0.370 e. The number of anilines is 1. The summed E-state index contributed by atoms with van der Waals surface area (Å²) in [6.45, 7) is 4.77. The molecule has 0 radical (unpaired) electrons. The van der Waals surface area contributed by atoms with E-state index in [1.165, 1.54) is 18.5 Å². The lowest BCUT2D eigenvalue weighted by atomic mass is 10.0. The number of nitrogens with zero attached hydrogens (tertiary/aromatic N) is 3. The average molecular weight is 272 g/mol. The van der Waals surface area contributed by atoms with Gasteiger partial charge in [0.15, 0.2) is 0 Å². The molecule has 0 aliphatic heterocycles. The predicted molar refractivity (Wildman–Crippen MR) is 77.7 cm³/mol. The number of non-ortho nitro benzene ring substituents is 1. The first-order valence-electron chi connectivity index (χ1n) is 6.50. The summed E-state index contributed by atoms with van der Waals surface area (Å²) in [5, 5.41) is 14.1. The van der Waals surface area contributed by atoms with Crippen LogP contribution in [0.1, 0.15) is 19.4 Å². The van der Waals surface area contributed by atoms with Gasteiger partial charge in [-0.2, -0.15) is 0 Å². The van der Waals surface area contributed by atoms with Crippen molar-refractivity contribution in [3.05, 3.63) is 46.3 Å². The molecule has 0 atom stereocenters. The van der Waals surface area contributed by atoms with Crippen LogP contribution in [0, 0.1) is 10.1 Å². The lowest BCUT2D eigenvalue weighted by Gasteiger charge is -2.12. The van der Waals surface area contributed by atoms with Gasteiger partial charge >= 0.3 is 0 Å². The van der Waals surface area contributed by atoms with Gasteiger partial charge in [-0.15, -0.1) is 0 Å². The number of hydrogen-bond acceptors (Lipinski definition) is 5. The minimum absolute atomic E-state index is 0.0631. The molecule has 0 unspecified atom stereocenters. The highest BCUT2D eigenvalue weighted by molar-refractivity contribution is 5.70. The minimum atomic E-state index is -0.401. The Kier molecular flexibility index (Phi) is 4.24. The van der Waals surface area contributed by atoms with Crippen molar-refractivity contribution in [3.63, 3.8) is 0 Å². The number of nitrogens with one attached hydrogen (secondary N) is 1. The smallest absolute Gasteiger partial charge is 0.270 e. The summed E-state index contributed by atoms with van der Waals surface area (Å²) >= 11 is 0. The van der Waals surface area contributed by atoms with E-state index in [0.717, 1.165) is 35.6 Å². The van der Waals surface area contributed by atoms with Gasteiger partial charge in [0.2, 0.25) is 0 Å². The van der Waals surface area contributed by atoms with Gasteiger partial charge in [0, 0.05) is 29.8 Å². The number of rotatable bonds is 5. The highest BCUT2D eigenvalue weighted by Gasteiger charge is 2.14. The van der Waals surface area contributed by atoms with Crippen LogP contribution in [0.5, 0.6) is 0 Å². The molecule has 6 nitrogen and oxygen atoms in total. The van der Waals surface area contributed by atoms with Gasteiger partial charge in [-0.3, -0.25) is 10.1 Å². The molecule has 0 aliphatic rings. The van der Waals surface area contributed by atoms with Crippen molar-refractivity contribution in [2.45, 2.75) is 20.3 Å². The molecule has 0 bridgehead atoms. The van der Waals surface area contributed by atoms with E-state index in [1.807, 2.05) is 19.9 Å². The summed E-state index contributed by atoms with van der Waals surface area (Å²) in [6, 6.07) is 6.50. The monoisotopic (exact) mass is 272 g/mol. The van der Waals surface area contributed by atoms with Crippen LogP contribution in [0.3, 0.4) is 0 Å². The van der Waals surface area contributed by atoms with Gasteiger partial charge in [-0.1, -0.05) is 19.1 Å². The van der Waals surface area contributed by atoms with Crippen molar-refractivity contribution in [3.8, 4) is 11.3 Å². The molecule has 0 spiro atoms. The number of benzene rings is 1. The second kappa shape index (κ2) is 6.10. The van der Waals surface area contributed by atoms with Gasteiger partial charge in [-0.05, 0) is 13.3 Å². The first-order valence-corrected chi connectivity index (χ1v) is 6.50. The first-order chi connectivity index (χ1) is 9.67. The Morgan fingerprint density at radius 1 is 1.30 bits per heavy atom. The molecule has 1 N–H and O–H groups in total. The Hall–Kier alpha value is -2.50. The zero-order chi connectivity index (χ0) is 14.5. The second-order valence-corrected chi connectivity index (χ2v) is 4.24. The van der Waals surface area contributed by atoms with Crippen molar-refractivity contribution in [2.24, 2.45) is 0 Å². The number of hydrogen-bond donors (Lipinski definition) is 1. The largest absolute Gasteiger partial charge is 0.370 e. The van der Waals surface area contributed by atoms with Crippen molar-refractivity contribution >= 4 is 11.5 Å². The molecule has 0 aliphatic carbocycles. The molecule has 2 rings (SSSR count). The third-order valence-electron chi connectivity index (χ3n) is 2.97. The van der Waals surface area contributed by atoms with E-state index < -0.39 is 4.92 Å². The zero-order valence-corrected chi connectivity index (χ0v) is 11.5. The number of nitro benzene ring substituents is 1. The molecule has 0 amide bonds. The molecule has 104 valence electrons. The summed E-state index contributed by atoms with van der Waals surface area (Å²) in [6.07, 6.45) is 2.23. The van der Waals surface area contributed by atoms with E-state index in [9.17, 15) is 10.1 Å². The standard InChI is InChI=1S/C14H16N4O2/c1-3-12-13(16-9-17-14(12)15-4-2)10-6-5-7-11(8-10)18(19)20/h5-9H,3-4H2,1-2H3,(H,15,16,17). The lowest BCUT2D eigenvalue weighted by Crippen LogP contribution is -2.05. The SMILES string of the molecule is CCNc1ncnc(-c2cccc([N+](=O)[O-])c2)c1CC. The Balaban J connectivity index is 2.54. The Morgan fingerprint density at radius 3 is 2.75 bits per heavy atom. The molecular formula is C14H16N4O2. The highest BCUT2D eigenvalue weighted by Crippen LogP contribution is 2.28. The summed E-state index contributed by atoms with van der Waals surface area (Å²) in [7, 11) is 0. The first kappa shape index (κ1) is 13.9. The van der Waals surface area contributed by atoms with Crippen LogP contribution in [0.15, 0.2) is 30.6 Å². The predicted octanol–water partition coefficient (Wildman–Crippen LogP) is 3.05. The van der Waals surface area contributed by atoms with Gasteiger partial charge in [0.05, 0.1) is 10.6 Å². The highest BCUT2D eigenvalue weighted by atomic mass is 16.6. The average Bonchev–Trinajstić information content (AvgIpc) is 2.47. The van der Waals surface area contributed by atoms with E-state index in [4.69, 9.17) is 0 Å². The van der Waals surface area contributed by atoms with Crippen molar-refractivity contribution in [2.75, 3.05) is 11.9 Å². The van der Waals surface area contributed by atoms with E-state index in [2.05, 4.69) is 15.3 Å². The van der Waals surface area contributed by atoms with Gasteiger partial charge in [0.25, 0.3) is 5.69 Å². The summed E-state index contributed by atoms with van der Waals surface area (Å²) in [5.74, 6) is 0.784. The van der Waals surface area contributed by atoms with Gasteiger partial charge in [-0.25, -0.2) is 9.97 Å². The zero-order valence-electron chi connectivity index (χ0n) is 11.5. The molecule has 6 heteroatoms. The normalized spacial score (nSPS) is 10.3. The number of aromatic nitrogens is 2. The fourth-order valence-corrected chi connectivity index (χ4v) is 2.08. The fourth-order valence-electron chi connectivity index (χ4n) is 2.08. The molecular weight excluding hydrogens is 256 g/mol. The molecule has 0 saturated heterocycles. The van der Waals surface area contributed by atoms with Crippen LogP contribution in [-0.2, 0) is 6.42 Å². The summed E-state index contributed by atoms with van der Waals surface area (Å²) in [4.78, 5) is 19.0. The van der Waals surface area contributed by atoms with Crippen LogP contribution in [0.2, 0.25) is 0 Å². The third-order valence-corrected chi connectivity index (χ3v) is 2.97. The topological polar surface area (TPSA) is 81.0 Å². The lowest BCUT2D eigenvalue weighted by molar-refractivity contribution is -0.384. The van der Waals surface area contributed by atoms with E-state index >= 15 is 0 Å². The second-order valence-electron chi connectivity index (χ2n) is 4.24. The molecule has 0 fully saturated rings. The Bertz CT molecular complexity index is 628. The Labute approximate surface area is 117 Å². The van der Waals surface area contributed by atoms with Gasteiger partial charge in [0.1, 0.15) is 12.1 Å². The van der Waals surface area contributed by atoms with E-state index in [0.29, 0.717) is 0 Å². The van der Waals surface area contributed by atoms with Crippen molar-refractivity contribution in [1.29, 1.82) is 0 Å². The maximum absolute atomic E-state index is 10.9. The molecule has 1 heterocycles. The maximum atomic E-state index is 10.9. The van der Waals surface area contributed by atoms with Crippen LogP contribution < -0.4 is 5.32 Å². The van der Waals surface area contributed by atoms with Gasteiger partial charge < -0.3 is 5.32 Å². The van der Waals surface area contributed by atoms with Crippen LogP contribution in [0.25, 0.3) is 11.3 Å². The Morgan fingerprint density at radius 2 is 2.10 bits per heavy atom. The quantitative estimate of drug-likeness (QED) is 0.668. The molecule has 0 saturated carbocycles. The molecule has 1 aromatic carbocycles.